The Hall–Kier alpha value is -2.88. The second-order valence-electron chi connectivity index (χ2n) is 5.09. The molecular formula is C17H16N4. The normalized spacial score (nSPS) is 11.8. The van der Waals surface area contributed by atoms with Crippen LogP contribution in [0.15, 0.2) is 73.3 Å². The third kappa shape index (κ3) is 1.62. The van der Waals surface area contributed by atoms with E-state index in [9.17, 15) is 0 Å². The molecule has 4 rings (SSSR count). The first kappa shape index (κ1) is 11.9. The molecule has 4 nitrogen and oxygen atoms in total. The van der Waals surface area contributed by atoms with Gasteiger partial charge in [-0.05, 0) is 48.5 Å². The lowest BCUT2D eigenvalue weighted by Gasteiger charge is -2.31. The summed E-state index contributed by atoms with van der Waals surface area (Å²) in [7, 11) is 0. The number of H-pyrrole nitrogens is 4. The molecule has 0 bridgehead atoms. The van der Waals surface area contributed by atoms with Crippen molar-refractivity contribution >= 4 is 0 Å². The van der Waals surface area contributed by atoms with Crippen LogP contribution in [0.5, 0.6) is 0 Å². The van der Waals surface area contributed by atoms with Crippen LogP contribution in [-0.4, -0.2) is 19.9 Å². The quantitative estimate of drug-likeness (QED) is 0.441. The first-order valence-corrected chi connectivity index (χ1v) is 6.98. The van der Waals surface area contributed by atoms with Crippen LogP contribution in [0, 0.1) is 0 Å². The molecule has 0 aliphatic heterocycles. The average Bonchev–Trinajstić information content (AvgIpc) is 3.32. The van der Waals surface area contributed by atoms with Crippen molar-refractivity contribution in [2.45, 2.75) is 5.41 Å². The summed E-state index contributed by atoms with van der Waals surface area (Å²) >= 11 is 0. The summed E-state index contributed by atoms with van der Waals surface area (Å²) in [4.78, 5) is 13.5. The summed E-state index contributed by atoms with van der Waals surface area (Å²) in [6.07, 6.45) is 7.83. The lowest BCUT2D eigenvalue weighted by Crippen LogP contribution is -2.32. The highest BCUT2D eigenvalue weighted by Crippen LogP contribution is 2.41. The summed E-state index contributed by atoms with van der Waals surface area (Å²) in [6, 6.07) is 16.6. The van der Waals surface area contributed by atoms with Gasteiger partial charge in [-0.2, -0.15) is 0 Å². The monoisotopic (exact) mass is 276 g/mol. The second-order valence-corrected chi connectivity index (χ2v) is 5.09. The molecule has 0 fully saturated rings. The molecule has 0 unspecified atom stereocenters. The molecule has 4 heterocycles. The molecule has 0 saturated heterocycles. The molecule has 4 heteroatoms. The molecule has 0 atom stereocenters. The molecule has 4 aromatic heterocycles. The first-order valence-electron chi connectivity index (χ1n) is 6.98. The molecule has 0 spiro atoms. The molecule has 0 amide bonds. The van der Waals surface area contributed by atoms with Gasteiger partial charge in [-0.25, -0.2) is 0 Å². The fraction of sp³-hybridized carbons (Fsp3) is 0.0588. The summed E-state index contributed by atoms with van der Waals surface area (Å²) < 4.78 is 0. The van der Waals surface area contributed by atoms with Crippen LogP contribution in [-0.2, 0) is 5.41 Å². The Morgan fingerprint density at radius 2 is 0.762 bits per heavy atom. The Bertz CT molecular complexity index is 633. The van der Waals surface area contributed by atoms with E-state index in [4.69, 9.17) is 0 Å². The molecular weight excluding hydrogens is 260 g/mol. The van der Waals surface area contributed by atoms with E-state index < -0.39 is 5.41 Å². The van der Waals surface area contributed by atoms with Crippen molar-refractivity contribution < 1.29 is 0 Å². The molecule has 0 aromatic carbocycles. The van der Waals surface area contributed by atoms with E-state index in [0.29, 0.717) is 0 Å². The van der Waals surface area contributed by atoms with Gasteiger partial charge < -0.3 is 19.9 Å². The van der Waals surface area contributed by atoms with Crippen molar-refractivity contribution in [3.8, 4) is 0 Å². The topological polar surface area (TPSA) is 63.2 Å². The maximum absolute atomic E-state index is 3.38. The molecule has 4 aromatic rings. The van der Waals surface area contributed by atoms with Gasteiger partial charge in [-0.1, -0.05) is 0 Å². The maximum atomic E-state index is 3.38. The van der Waals surface area contributed by atoms with Gasteiger partial charge in [0, 0.05) is 47.6 Å². The van der Waals surface area contributed by atoms with Crippen LogP contribution >= 0.6 is 0 Å². The minimum absolute atomic E-state index is 0.431. The molecule has 104 valence electrons. The predicted molar refractivity (Wildman–Crippen MR) is 82.2 cm³/mol. The van der Waals surface area contributed by atoms with E-state index >= 15 is 0 Å². The standard InChI is InChI=1S/C17H16N4/c1-5-13(18-9-1)17(14-6-2-10-19-14,15-7-3-11-20-15)16-8-4-12-21-16/h1-12,18-21H. The van der Waals surface area contributed by atoms with Crippen molar-refractivity contribution in [2.75, 3.05) is 0 Å². The number of hydrogen-bond acceptors (Lipinski definition) is 0. The zero-order valence-electron chi connectivity index (χ0n) is 11.4. The van der Waals surface area contributed by atoms with Crippen LogP contribution in [0.4, 0.5) is 0 Å². The minimum Gasteiger partial charge on any atom is -0.364 e. The molecule has 4 N–H and O–H groups in total. The summed E-state index contributed by atoms with van der Waals surface area (Å²) in [5.41, 5.74) is 3.99. The Labute approximate surface area is 122 Å². The number of nitrogens with one attached hydrogen (secondary N) is 4. The molecule has 0 saturated carbocycles. The third-order valence-electron chi connectivity index (χ3n) is 4.01. The van der Waals surface area contributed by atoms with Crippen LogP contribution in [0.3, 0.4) is 0 Å². The van der Waals surface area contributed by atoms with Gasteiger partial charge in [0.2, 0.25) is 0 Å². The predicted octanol–water partition coefficient (Wildman–Crippen LogP) is 3.38. The minimum atomic E-state index is -0.431. The van der Waals surface area contributed by atoms with Gasteiger partial charge in [0.25, 0.3) is 0 Å². The highest BCUT2D eigenvalue weighted by atomic mass is 14.9. The van der Waals surface area contributed by atoms with Crippen molar-refractivity contribution in [2.24, 2.45) is 0 Å². The average molecular weight is 276 g/mol. The van der Waals surface area contributed by atoms with Crippen LogP contribution in [0.1, 0.15) is 22.8 Å². The number of aromatic nitrogens is 4. The second kappa shape index (κ2) is 4.59. The van der Waals surface area contributed by atoms with Crippen LogP contribution in [0.2, 0.25) is 0 Å². The lowest BCUT2D eigenvalue weighted by molar-refractivity contribution is 0.659. The van der Waals surface area contributed by atoms with Crippen molar-refractivity contribution in [1.82, 2.24) is 19.9 Å². The Balaban J connectivity index is 2.10. The SMILES string of the molecule is c1c[nH]c(C(c2ccc[nH]2)(c2ccc[nH]2)c2ccc[nH]2)c1. The Morgan fingerprint density at radius 1 is 0.476 bits per heavy atom. The summed E-state index contributed by atoms with van der Waals surface area (Å²) in [6.45, 7) is 0. The fourth-order valence-electron chi connectivity index (χ4n) is 3.12. The van der Waals surface area contributed by atoms with E-state index in [2.05, 4.69) is 44.2 Å². The highest BCUT2D eigenvalue weighted by molar-refractivity contribution is 5.52. The van der Waals surface area contributed by atoms with Crippen molar-refractivity contribution in [3.63, 3.8) is 0 Å². The molecule has 0 radical (unpaired) electrons. The Morgan fingerprint density at radius 3 is 0.952 bits per heavy atom. The highest BCUT2D eigenvalue weighted by Gasteiger charge is 2.42. The number of aromatic amines is 4. The summed E-state index contributed by atoms with van der Waals surface area (Å²) in [5, 5.41) is 0. The van der Waals surface area contributed by atoms with Gasteiger partial charge >= 0.3 is 0 Å². The van der Waals surface area contributed by atoms with Gasteiger partial charge in [-0.15, -0.1) is 0 Å². The zero-order valence-corrected chi connectivity index (χ0v) is 11.4. The number of hydrogen-bond donors (Lipinski definition) is 4. The van der Waals surface area contributed by atoms with E-state index in [-0.39, 0.29) is 0 Å². The zero-order chi connectivity index (χ0) is 14.1. The smallest absolute Gasteiger partial charge is 0.130 e. The molecule has 21 heavy (non-hydrogen) atoms. The van der Waals surface area contributed by atoms with Crippen LogP contribution in [0.25, 0.3) is 0 Å². The van der Waals surface area contributed by atoms with Gasteiger partial charge in [0.15, 0.2) is 0 Å². The summed E-state index contributed by atoms with van der Waals surface area (Å²) in [5.74, 6) is 0. The molecule has 0 aliphatic rings. The van der Waals surface area contributed by atoms with E-state index in [1.807, 2.05) is 49.1 Å². The third-order valence-corrected chi connectivity index (χ3v) is 4.01. The number of rotatable bonds is 4. The largest absolute Gasteiger partial charge is 0.364 e. The van der Waals surface area contributed by atoms with Crippen molar-refractivity contribution in [1.29, 1.82) is 0 Å². The van der Waals surface area contributed by atoms with Gasteiger partial charge in [0.1, 0.15) is 5.41 Å². The fourth-order valence-corrected chi connectivity index (χ4v) is 3.12. The van der Waals surface area contributed by atoms with E-state index in [1.54, 1.807) is 0 Å². The molecule has 0 aliphatic carbocycles. The van der Waals surface area contributed by atoms with Crippen LogP contribution < -0.4 is 0 Å². The van der Waals surface area contributed by atoms with Gasteiger partial charge in [0.05, 0.1) is 0 Å². The van der Waals surface area contributed by atoms with E-state index in [1.165, 1.54) is 0 Å². The van der Waals surface area contributed by atoms with Crippen molar-refractivity contribution in [3.05, 3.63) is 96.1 Å². The first-order chi connectivity index (χ1) is 10.4. The maximum Gasteiger partial charge on any atom is 0.130 e. The Kier molecular flexibility index (Phi) is 2.60. The van der Waals surface area contributed by atoms with Gasteiger partial charge in [-0.3, -0.25) is 0 Å². The lowest BCUT2D eigenvalue weighted by atomic mass is 9.75. The van der Waals surface area contributed by atoms with E-state index in [0.717, 1.165) is 22.8 Å².